The van der Waals surface area contributed by atoms with Crippen LogP contribution in [0.5, 0.6) is 0 Å². The van der Waals surface area contributed by atoms with Crippen LogP contribution in [-0.2, 0) is 13.1 Å². The summed E-state index contributed by atoms with van der Waals surface area (Å²) in [6, 6.07) is 16.4. The maximum absolute atomic E-state index is 6.04. The molecule has 0 aliphatic rings. The smallest absolute Gasteiger partial charge is 0.0406 e. The van der Waals surface area contributed by atoms with Crippen molar-refractivity contribution in [1.29, 1.82) is 0 Å². The van der Waals surface area contributed by atoms with E-state index in [4.69, 9.17) is 23.2 Å². The van der Waals surface area contributed by atoms with Crippen molar-refractivity contribution in [3.05, 3.63) is 69.7 Å². The van der Waals surface area contributed by atoms with Crippen LogP contribution in [0, 0.1) is 5.92 Å². The molecular weight excluding hydrogens is 397 g/mol. The van der Waals surface area contributed by atoms with Crippen molar-refractivity contribution in [1.82, 2.24) is 4.90 Å². The van der Waals surface area contributed by atoms with Crippen molar-refractivity contribution in [2.75, 3.05) is 6.54 Å². The van der Waals surface area contributed by atoms with E-state index in [0.29, 0.717) is 0 Å². The average Bonchev–Trinajstić information content (AvgIpc) is 2.74. The third kappa shape index (κ3) is 11.7. The minimum absolute atomic E-state index is 0.778. The molecule has 3 heteroatoms. The van der Waals surface area contributed by atoms with E-state index < -0.39 is 0 Å². The number of unbranched alkanes of at least 4 members (excludes halogenated alkanes) is 3. The lowest BCUT2D eigenvalue weighted by Crippen LogP contribution is -2.25. The Balaban J connectivity index is 0.00000204. The predicted molar refractivity (Wildman–Crippen MR) is 131 cm³/mol. The van der Waals surface area contributed by atoms with Gasteiger partial charge in [0.05, 0.1) is 0 Å². The maximum Gasteiger partial charge on any atom is 0.0406 e. The van der Waals surface area contributed by atoms with Gasteiger partial charge in [0, 0.05) is 23.1 Å². The minimum Gasteiger partial charge on any atom is -0.295 e. The molecule has 0 radical (unpaired) electrons. The molecule has 2 rings (SSSR count). The summed E-state index contributed by atoms with van der Waals surface area (Å²) in [5.41, 5.74) is 2.62. The summed E-state index contributed by atoms with van der Waals surface area (Å²) < 4.78 is 0. The third-order valence-corrected chi connectivity index (χ3v) is 5.63. The summed E-state index contributed by atoms with van der Waals surface area (Å²) in [6.45, 7) is 11.7. The number of hydrogen-bond acceptors (Lipinski definition) is 1. The topological polar surface area (TPSA) is 3.24 Å². The quantitative estimate of drug-likeness (QED) is 0.300. The average molecular weight is 437 g/mol. The van der Waals surface area contributed by atoms with Gasteiger partial charge < -0.3 is 0 Å². The van der Waals surface area contributed by atoms with Crippen LogP contribution >= 0.6 is 23.2 Å². The van der Waals surface area contributed by atoms with Crippen LogP contribution in [0.1, 0.15) is 77.3 Å². The second-order valence-corrected chi connectivity index (χ2v) is 8.58. The molecule has 1 unspecified atom stereocenters. The summed E-state index contributed by atoms with van der Waals surface area (Å²) in [5, 5.41) is 1.59. The second-order valence-electron chi connectivity index (χ2n) is 7.71. The fourth-order valence-electron chi connectivity index (χ4n) is 3.38. The van der Waals surface area contributed by atoms with Crippen molar-refractivity contribution in [3.63, 3.8) is 0 Å². The van der Waals surface area contributed by atoms with E-state index in [1.165, 1.54) is 49.7 Å². The molecule has 29 heavy (non-hydrogen) atoms. The van der Waals surface area contributed by atoms with Crippen molar-refractivity contribution >= 4 is 23.2 Å². The zero-order valence-corrected chi connectivity index (χ0v) is 20.3. The Morgan fingerprint density at radius 2 is 1.21 bits per heavy atom. The van der Waals surface area contributed by atoms with Crippen LogP contribution in [0.4, 0.5) is 0 Å². The van der Waals surface area contributed by atoms with Crippen LogP contribution < -0.4 is 0 Å². The number of hydrogen-bond donors (Lipinski definition) is 0. The molecule has 0 aliphatic carbocycles. The monoisotopic (exact) mass is 435 g/mol. The van der Waals surface area contributed by atoms with Crippen LogP contribution in [0.15, 0.2) is 48.5 Å². The number of halogens is 2. The number of nitrogens with zero attached hydrogens (tertiary/aromatic N) is 1. The van der Waals surface area contributed by atoms with E-state index in [1.54, 1.807) is 0 Å². The summed E-state index contributed by atoms with van der Waals surface area (Å²) in [6.07, 6.45) is 8.00. The summed E-state index contributed by atoms with van der Waals surface area (Å²) >= 11 is 12.1. The first-order chi connectivity index (χ1) is 14.1. The van der Waals surface area contributed by atoms with Gasteiger partial charge in [0.15, 0.2) is 0 Å². The Kier molecular flexibility index (Phi) is 14.1. The van der Waals surface area contributed by atoms with Crippen LogP contribution in [0.25, 0.3) is 0 Å². The molecule has 1 nitrogen and oxygen atoms in total. The minimum atomic E-state index is 0.778. The Labute approximate surface area is 189 Å². The largest absolute Gasteiger partial charge is 0.295 e. The molecule has 1 atom stereocenters. The van der Waals surface area contributed by atoms with Gasteiger partial charge in [-0.2, -0.15) is 0 Å². The molecule has 0 bridgehead atoms. The maximum atomic E-state index is 6.04. The molecule has 0 N–H and O–H groups in total. The normalized spacial score (nSPS) is 11.8. The fraction of sp³-hybridized carbons (Fsp3) is 0.538. The Morgan fingerprint density at radius 1 is 0.724 bits per heavy atom. The Morgan fingerprint density at radius 3 is 1.66 bits per heavy atom. The first-order valence-corrected chi connectivity index (χ1v) is 12.0. The lowest BCUT2D eigenvalue weighted by molar-refractivity contribution is 0.234. The van der Waals surface area contributed by atoms with E-state index in [1.807, 2.05) is 38.1 Å². The van der Waals surface area contributed by atoms with E-state index in [2.05, 4.69) is 43.0 Å². The van der Waals surface area contributed by atoms with Crippen molar-refractivity contribution < 1.29 is 0 Å². The van der Waals surface area contributed by atoms with E-state index >= 15 is 0 Å². The molecule has 0 amide bonds. The highest BCUT2D eigenvalue weighted by Gasteiger charge is 2.10. The lowest BCUT2D eigenvalue weighted by atomic mass is 9.99. The lowest BCUT2D eigenvalue weighted by Gasteiger charge is -2.24. The van der Waals surface area contributed by atoms with Gasteiger partial charge in [0.25, 0.3) is 0 Å². The first-order valence-electron chi connectivity index (χ1n) is 11.3. The molecule has 0 aromatic heterocycles. The zero-order chi connectivity index (χ0) is 21.5. The fourth-order valence-corrected chi connectivity index (χ4v) is 3.63. The van der Waals surface area contributed by atoms with Crippen molar-refractivity contribution in [2.24, 2.45) is 5.92 Å². The summed E-state index contributed by atoms with van der Waals surface area (Å²) in [5.74, 6) is 0.778. The van der Waals surface area contributed by atoms with Gasteiger partial charge in [-0.25, -0.2) is 0 Å². The molecular formula is C26H39Cl2N. The van der Waals surface area contributed by atoms with Gasteiger partial charge in [-0.15, -0.1) is 0 Å². The Bertz CT molecular complexity index is 589. The molecule has 2 aromatic carbocycles. The third-order valence-electron chi connectivity index (χ3n) is 5.13. The highest BCUT2D eigenvalue weighted by molar-refractivity contribution is 6.30. The summed E-state index contributed by atoms with van der Waals surface area (Å²) in [4.78, 5) is 2.54. The molecule has 0 aliphatic heterocycles. The van der Waals surface area contributed by atoms with Crippen LogP contribution in [0.2, 0.25) is 10.0 Å². The molecule has 0 saturated carbocycles. The number of rotatable bonds is 12. The first kappa shape index (κ1) is 26.0. The molecule has 162 valence electrons. The highest BCUT2D eigenvalue weighted by atomic mass is 35.5. The SMILES string of the molecule is CC.CCCCCCC(C)CCN(Cc1ccc(Cl)cc1)Cc1ccc(Cl)cc1. The van der Waals surface area contributed by atoms with Gasteiger partial charge in [-0.1, -0.05) is 107 Å². The van der Waals surface area contributed by atoms with Crippen molar-refractivity contribution in [3.8, 4) is 0 Å². The van der Waals surface area contributed by atoms with Crippen LogP contribution in [0.3, 0.4) is 0 Å². The van der Waals surface area contributed by atoms with E-state index in [9.17, 15) is 0 Å². The molecule has 2 aromatic rings. The summed E-state index contributed by atoms with van der Waals surface area (Å²) in [7, 11) is 0. The zero-order valence-electron chi connectivity index (χ0n) is 18.8. The molecule has 0 spiro atoms. The number of benzene rings is 2. The van der Waals surface area contributed by atoms with Crippen LogP contribution in [-0.4, -0.2) is 11.4 Å². The van der Waals surface area contributed by atoms with E-state index in [-0.39, 0.29) is 0 Å². The predicted octanol–water partition coefficient (Wildman–Crippen LogP) is 9.02. The molecule has 0 saturated heterocycles. The molecule has 0 fully saturated rings. The van der Waals surface area contributed by atoms with Gasteiger partial charge in [0.1, 0.15) is 0 Å². The van der Waals surface area contributed by atoms with E-state index in [0.717, 1.165) is 35.6 Å². The van der Waals surface area contributed by atoms with Gasteiger partial charge >= 0.3 is 0 Å². The van der Waals surface area contributed by atoms with Crippen molar-refractivity contribution in [2.45, 2.75) is 79.3 Å². The highest BCUT2D eigenvalue weighted by Crippen LogP contribution is 2.19. The van der Waals surface area contributed by atoms with Gasteiger partial charge in [0.2, 0.25) is 0 Å². The standard InChI is InChI=1S/C24H33Cl2N.C2H6/c1-3-4-5-6-7-20(2)16-17-27(18-21-8-12-23(25)13-9-21)19-22-10-14-24(26)15-11-22;1-2/h8-15,20H,3-7,16-19H2,1-2H3;1-2H3. The van der Waals surface area contributed by atoms with Gasteiger partial charge in [-0.3, -0.25) is 4.90 Å². The van der Waals surface area contributed by atoms with Gasteiger partial charge in [-0.05, 0) is 54.3 Å². The molecule has 0 heterocycles. The Hall–Kier alpha value is -1.02. The second kappa shape index (κ2) is 15.8.